The molecule has 0 unspecified atom stereocenters. The molecule has 0 amide bonds. The molecule has 1 aliphatic rings. The van der Waals surface area contributed by atoms with E-state index in [4.69, 9.17) is 4.74 Å². The molecular formula is C30H29BrF3NO3. The van der Waals surface area contributed by atoms with Gasteiger partial charge in [-0.2, -0.15) is 13.2 Å². The average Bonchev–Trinajstić information content (AvgIpc) is 2.89. The van der Waals surface area contributed by atoms with Gasteiger partial charge in [-0.25, -0.2) is 0 Å². The van der Waals surface area contributed by atoms with Crippen molar-refractivity contribution in [2.75, 3.05) is 13.7 Å². The largest absolute Gasteiger partial charge is 0.496 e. The minimum atomic E-state index is -4.63. The van der Waals surface area contributed by atoms with Crippen molar-refractivity contribution in [1.82, 2.24) is 4.90 Å². The number of ether oxygens (including phenoxy) is 1. The van der Waals surface area contributed by atoms with Crippen molar-refractivity contribution >= 4 is 32.5 Å². The third-order valence-electron chi connectivity index (χ3n) is 7.00. The summed E-state index contributed by atoms with van der Waals surface area (Å²) in [6.07, 6.45) is -0.891. The highest BCUT2D eigenvalue weighted by Gasteiger charge is 2.36. The molecule has 4 rings (SSSR count). The maximum atomic E-state index is 14.3. The molecule has 1 N–H and O–H groups in total. The number of benzene rings is 3. The molecule has 1 fully saturated rings. The van der Waals surface area contributed by atoms with Gasteiger partial charge in [0.05, 0.1) is 12.7 Å². The molecule has 1 atom stereocenters. The van der Waals surface area contributed by atoms with Gasteiger partial charge in [0.25, 0.3) is 0 Å². The Balaban J connectivity index is 1.76. The Morgan fingerprint density at radius 2 is 1.87 bits per heavy atom. The van der Waals surface area contributed by atoms with Gasteiger partial charge in [-0.1, -0.05) is 70.9 Å². The van der Waals surface area contributed by atoms with Gasteiger partial charge >= 0.3 is 12.1 Å². The van der Waals surface area contributed by atoms with Gasteiger partial charge in [0, 0.05) is 22.2 Å². The lowest BCUT2D eigenvalue weighted by Gasteiger charge is -2.33. The summed E-state index contributed by atoms with van der Waals surface area (Å²) in [4.78, 5) is 13.4. The summed E-state index contributed by atoms with van der Waals surface area (Å²) in [5.74, 6) is -0.682. The van der Waals surface area contributed by atoms with Crippen LogP contribution in [0, 0.1) is 6.92 Å². The zero-order valence-corrected chi connectivity index (χ0v) is 22.8. The van der Waals surface area contributed by atoms with E-state index in [0.717, 1.165) is 41.2 Å². The van der Waals surface area contributed by atoms with Crippen molar-refractivity contribution in [1.29, 1.82) is 0 Å². The minimum Gasteiger partial charge on any atom is -0.496 e. The van der Waals surface area contributed by atoms with Crippen LogP contribution >= 0.6 is 15.9 Å². The van der Waals surface area contributed by atoms with Crippen LogP contribution in [-0.2, 0) is 17.5 Å². The molecule has 8 heteroatoms. The molecule has 38 heavy (non-hydrogen) atoms. The molecule has 3 aromatic rings. The maximum absolute atomic E-state index is 14.3. The van der Waals surface area contributed by atoms with Crippen LogP contribution in [0.1, 0.15) is 47.1 Å². The van der Waals surface area contributed by atoms with Crippen LogP contribution in [0.5, 0.6) is 5.75 Å². The molecule has 1 aliphatic heterocycles. The van der Waals surface area contributed by atoms with Crippen LogP contribution < -0.4 is 4.74 Å². The number of nitrogens with zero attached hydrogens (tertiary/aromatic N) is 1. The normalized spacial score (nSPS) is 16.9. The number of piperidine rings is 1. The number of aliphatic carboxylic acids is 1. The molecule has 0 bridgehead atoms. The molecular weight excluding hydrogens is 559 g/mol. The lowest BCUT2D eigenvalue weighted by molar-refractivity contribution is -0.145. The summed E-state index contributed by atoms with van der Waals surface area (Å²) in [6.45, 7) is 2.51. The first kappa shape index (κ1) is 27.9. The number of methoxy groups -OCH3 is 1. The number of carboxylic acid groups (broad SMARTS) is 1. The van der Waals surface area contributed by atoms with Crippen molar-refractivity contribution in [2.24, 2.45) is 0 Å². The SMILES string of the molecule is COc1cc(/C(Br)=C/c2cccc(-c3ccccc3)c2C)c(C(F)(F)F)cc1CN1CCCC[C@H]1C(=O)O. The van der Waals surface area contributed by atoms with Crippen LogP contribution in [-0.4, -0.2) is 35.7 Å². The minimum absolute atomic E-state index is 0.0453. The number of likely N-dealkylation sites (tertiary alicyclic amines) is 1. The van der Waals surface area contributed by atoms with E-state index in [-0.39, 0.29) is 22.3 Å². The highest BCUT2D eigenvalue weighted by Crippen LogP contribution is 2.42. The number of alkyl halides is 3. The van der Waals surface area contributed by atoms with Gasteiger partial charge in [0.2, 0.25) is 0 Å². The summed E-state index contributed by atoms with van der Waals surface area (Å²) in [6, 6.07) is 17.3. The van der Waals surface area contributed by atoms with Crippen LogP contribution in [0.3, 0.4) is 0 Å². The lowest BCUT2D eigenvalue weighted by Crippen LogP contribution is -2.44. The zero-order chi connectivity index (χ0) is 27.4. The fraction of sp³-hybridized carbons (Fsp3) is 0.300. The Morgan fingerprint density at radius 1 is 1.13 bits per heavy atom. The Morgan fingerprint density at radius 3 is 2.53 bits per heavy atom. The molecule has 3 aromatic carbocycles. The Hall–Kier alpha value is -3.10. The first-order valence-corrected chi connectivity index (χ1v) is 13.2. The van der Waals surface area contributed by atoms with E-state index in [1.54, 1.807) is 11.0 Å². The number of carbonyl (C=O) groups is 1. The first-order chi connectivity index (χ1) is 18.1. The van der Waals surface area contributed by atoms with Crippen molar-refractivity contribution in [3.05, 3.63) is 88.5 Å². The predicted molar refractivity (Wildman–Crippen MR) is 147 cm³/mol. The fourth-order valence-corrected chi connectivity index (χ4v) is 5.58. The quantitative estimate of drug-likeness (QED) is 0.284. The van der Waals surface area contributed by atoms with E-state index in [1.165, 1.54) is 13.2 Å². The maximum Gasteiger partial charge on any atom is 0.417 e. The van der Waals surface area contributed by atoms with Crippen molar-refractivity contribution < 1.29 is 27.8 Å². The van der Waals surface area contributed by atoms with Gasteiger partial charge in [-0.15, -0.1) is 0 Å². The highest BCUT2D eigenvalue weighted by molar-refractivity contribution is 9.15. The fourth-order valence-electron chi connectivity index (χ4n) is 5.00. The van der Waals surface area contributed by atoms with Gasteiger partial charge in [0.1, 0.15) is 11.8 Å². The summed E-state index contributed by atoms with van der Waals surface area (Å²) in [5, 5.41) is 9.60. The third kappa shape index (κ3) is 6.13. The average molecular weight is 588 g/mol. The number of hydrogen-bond donors (Lipinski definition) is 1. The summed E-state index contributed by atoms with van der Waals surface area (Å²) in [7, 11) is 1.41. The topological polar surface area (TPSA) is 49.8 Å². The number of halogens is 4. The Bertz CT molecular complexity index is 1340. The first-order valence-electron chi connectivity index (χ1n) is 12.4. The number of rotatable bonds is 7. The summed E-state index contributed by atoms with van der Waals surface area (Å²) >= 11 is 3.41. The highest BCUT2D eigenvalue weighted by atomic mass is 79.9. The van der Waals surface area contributed by atoms with E-state index in [1.807, 2.05) is 55.5 Å². The molecule has 200 valence electrons. The molecule has 1 heterocycles. The number of carboxylic acids is 1. The van der Waals surface area contributed by atoms with Gasteiger partial charge in [0.15, 0.2) is 0 Å². The van der Waals surface area contributed by atoms with Gasteiger partial charge in [-0.3, -0.25) is 9.69 Å². The molecule has 0 aliphatic carbocycles. The van der Waals surface area contributed by atoms with Gasteiger partial charge < -0.3 is 9.84 Å². The van der Waals surface area contributed by atoms with E-state index < -0.39 is 23.8 Å². The van der Waals surface area contributed by atoms with E-state index >= 15 is 0 Å². The monoisotopic (exact) mass is 587 g/mol. The third-order valence-corrected chi connectivity index (χ3v) is 7.65. The van der Waals surface area contributed by atoms with Crippen LogP contribution in [0.25, 0.3) is 21.7 Å². The van der Waals surface area contributed by atoms with Gasteiger partial charge in [-0.05, 0) is 66.8 Å². The van der Waals surface area contributed by atoms with E-state index in [2.05, 4.69) is 15.9 Å². The standard InChI is InChI=1S/C30H29BrF3NO3/c1-19-21(11-8-12-23(19)20-9-4-3-5-10-20)16-26(31)24-17-28(38-2)22(15-25(24)30(32,33)34)18-35-14-7-6-13-27(35)29(36)37/h3-5,8-12,15-17,27H,6-7,13-14,18H2,1-2H3,(H,36,37)/b26-16-/t27-/m0/s1. The smallest absolute Gasteiger partial charge is 0.417 e. The number of hydrogen-bond acceptors (Lipinski definition) is 3. The van der Waals surface area contributed by atoms with E-state index in [9.17, 15) is 23.1 Å². The van der Waals surface area contributed by atoms with Crippen LogP contribution in [0.2, 0.25) is 0 Å². The molecule has 4 nitrogen and oxygen atoms in total. The molecule has 0 radical (unpaired) electrons. The second-order valence-corrected chi connectivity index (χ2v) is 10.3. The van der Waals surface area contributed by atoms with Crippen LogP contribution in [0.4, 0.5) is 13.2 Å². The zero-order valence-electron chi connectivity index (χ0n) is 21.2. The molecule has 1 saturated heterocycles. The summed E-state index contributed by atoms with van der Waals surface area (Å²) < 4.78 is 48.7. The van der Waals surface area contributed by atoms with Crippen molar-refractivity contribution in [2.45, 2.75) is 44.9 Å². The Labute approximate surface area is 228 Å². The van der Waals surface area contributed by atoms with Crippen molar-refractivity contribution in [3.8, 4) is 16.9 Å². The second-order valence-electron chi connectivity index (χ2n) is 9.41. The molecule has 0 aromatic heterocycles. The Kier molecular flexibility index (Phi) is 8.63. The van der Waals surface area contributed by atoms with Crippen molar-refractivity contribution in [3.63, 3.8) is 0 Å². The predicted octanol–water partition coefficient (Wildman–Crippen LogP) is 8.02. The van der Waals surface area contributed by atoms with Crippen LogP contribution in [0.15, 0.2) is 60.7 Å². The summed E-state index contributed by atoms with van der Waals surface area (Å²) in [5.41, 5.74) is 3.20. The molecule has 0 spiro atoms. The molecule has 0 saturated carbocycles. The van der Waals surface area contributed by atoms with E-state index in [0.29, 0.717) is 18.5 Å². The second kappa shape index (κ2) is 11.7. The lowest BCUT2D eigenvalue weighted by atomic mass is 9.95.